The lowest BCUT2D eigenvalue weighted by Crippen LogP contribution is -2.34. The normalized spacial score (nSPS) is 17.7. The van der Waals surface area contributed by atoms with E-state index in [9.17, 15) is 4.79 Å². The number of nitrogens with zero attached hydrogens (tertiary/aromatic N) is 2. The van der Waals surface area contributed by atoms with E-state index in [1.165, 1.54) is 0 Å². The summed E-state index contributed by atoms with van der Waals surface area (Å²) in [6.45, 7) is 0.777. The zero-order valence-corrected chi connectivity index (χ0v) is 10.7. The fourth-order valence-corrected chi connectivity index (χ4v) is 2.08. The molecule has 0 aromatic heterocycles. The molecule has 1 aromatic rings. The number of likely N-dealkylation sites (N-methyl/N-ethyl adjacent to an activating group) is 1. The third-order valence-corrected chi connectivity index (χ3v) is 3.21. The SMILES string of the molecule is CN(CCC(N)=NO)C(=O)C1COc2ccccc21. The molecule has 2 rings (SSSR count). The number of fused-ring (bicyclic) bond motifs is 1. The van der Waals surface area contributed by atoms with Gasteiger partial charge in [-0.2, -0.15) is 0 Å². The average molecular weight is 263 g/mol. The minimum absolute atomic E-state index is 0.0179. The van der Waals surface area contributed by atoms with Crippen LogP contribution < -0.4 is 10.5 Å². The van der Waals surface area contributed by atoms with Crippen LogP contribution in [0.15, 0.2) is 29.4 Å². The molecule has 0 radical (unpaired) electrons. The molecule has 1 atom stereocenters. The Morgan fingerprint density at radius 3 is 3.05 bits per heavy atom. The first-order chi connectivity index (χ1) is 9.13. The molecular formula is C13H17N3O3. The molecule has 0 saturated carbocycles. The van der Waals surface area contributed by atoms with Gasteiger partial charge in [-0.3, -0.25) is 4.79 Å². The van der Waals surface area contributed by atoms with Crippen molar-refractivity contribution in [3.05, 3.63) is 29.8 Å². The topological polar surface area (TPSA) is 88.1 Å². The molecule has 6 nitrogen and oxygen atoms in total. The van der Waals surface area contributed by atoms with E-state index in [4.69, 9.17) is 15.7 Å². The second kappa shape index (κ2) is 5.60. The van der Waals surface area contributed by atoms with Gasteiger partial charge in [-0.1, -0.05) is 23.4 Å². The maximum atomic E-state index is 12.3. The second-order valence-corrected chi connectivity index (χ2v) is 4.50. The Labute approximate surface area is 111 Å². The Balaban J connectivity index is 2.01. The number of carbonyl (C=O) groups excluding carboxylic acids is 1. The van der Waals surface area contributed by atoms with Gasteiger partial charge >= 0.3 is 0 Å². The van der Waals surface area contributed by atoms with Crippen LogP contribution in [0.4, 0.5) is 0 Å². The van der Waals surface area contributed by atoms with Crippen molar-refractivity contribution in [2.45, 2.75) is 12.3 Å². The van der Waals surface area contributed by atoms with E-state index in [0.717, 1.165) is 11.3 Å². The van der Waals surface area contributed by atoms with Crippen molar-refractivity contribution in [3.63, 3.8) is 0 Å². The Kier molecular flexibility index (Phi) is 3.89. The van der Waals surface area contributed by atoms with Gasteiger partial charge in [-0.15, -0.1) is 0 Å². The quantitative estimate of drug-likeness (QED) is 0.363. The number of ether oxygens (including phenoxy) is 1. The number of oxime groups is 1. The van der Waals surface area contributed by atoms with Gasteiger partial charge in [-0.25, -0.2) is 0 Å². The Morgan fingerprint density at radius 2 is 2.32 bits per heavy atom. The second-order valence-electron chi connectivity index (χ2n) is 4.50. The first-order valence-corrected chi connectivity index (χ1v) is 6.06. The Morgan fingerprint density at radius 1 is 1.58 bits per heavy atom. The van der Waals surface area contributed by atoms with E-state index in [1.54, 1.807) is 11.9 Å². The maximum Gasteiger partial charge on any atom is 0.233 e. The van der Waals surface area contributed by atoms with E-state index in [2.05, 4.69) is 5.16 Å². The summed E-state index contributed by atoms with van der Waals surface area (Å²) in [6, 6.07) is 7.54. The molecule has 1 aliphatic heterocycles. The molecule has 0 saturated heterocycles. The molecule has 1 unspecified atom stereocenters. The van der Waals surface area contributed by atoms with E-state index in [-0.39, 0.29) is 17.7 Å². The average Bonchev–Trinajstić information content (AvgIpc) is 2.87. The van der Waals surface area contributed by atoms with Crippen molar-refractivity contribution in [1.29, 1.82) is 0 Å². The van der Waals surface area contributed by atoms with Crippen molar-refractivity contribution >= 4 is 11.7 Å². The summed E-state index contributed by atoms with van der Waals surface area (Å²) in [5.41, 5.74) is 6.31. The summed E-state index contributed by atoms with van der Waals surface area (Å²) >= 11 is 0. The van der Waals surface area contributed by atoms with E-state index in [0.29, 0.717) is 19.6 Å². The summed E-state index contributed by atoms with van der Waals surface area (Å²) in [5, 5.41) is 11.4. The van der Waals surface area contributed by atoms with Gasteiger partial charge in [0.2, 0.25) is 5.91 Å². The van der Waals surface area contributed by atoms with Gasteiger partial charge in [0.25, 0.3) is 0 Å². The van der Waals surface area contributed by atoms with Gasteiger partial charge in [0.05, 0.1) is 0 Å². The lowest BCUT2D eigenvalue weighted by molar-refractivity contribution is -0.131. The number of amides is 1. The Hall–Kier alpha value is -2.24. The number of rotatable bonds is 4. The minimum Gasteiger partial charge on any atom is -0.492 e. The molecule has 0 aliphatic carbocycles. The first kappa shape index (κ1) is 13.2. The van der Waals surface area contributed by atoms with Gasteiger partial charge in [0.15, 0.2) is 0 Å². The number of para-hydroxylation sites is 1. The van der Waals surface area contributed by atoms with Crippen LogP contribution in [-0.2, 0) is 4.79 Å². The molecule has 19 heavy (non-hydrogen) atoms. The van der Waals surface area contributed by atoms with Crippen molar-refractivity contribution in [1.82, 2.24) is 4.90 Å². The van der Waals surface area contributed by atoms with Crippen LogP contribution in [0.2, 0.25) is 0 Å². The first-order valence-electron chi connectivity index (χ1n) is 6.06. The highest BCUT2D eigenvalue weighted by Crippen LogP contribution is 2.34. The van der Waals surface area contributed by atoms with Crippen molar-refractivity contribution in [2.24, 2.45) is 10.9 Å². The van der Waals surface area contributed by atoms with Gasteiger partial charge in [0, 0.05) is 25.6 Å². The highest BCUT2D eigenvalue weighted by atomic mass is 16.5. The molecule has 6 heteroatoms. The van der Waals surface area contributed by atoms with Gasteiger partial charge in [-0.05, 0) is 6.07 Å². The smallest absolute Gasteiger partial charge is 0.233 e. The fourth-order valence-electron chi connectivity index (χ4n) is 2.08. The van der Waals surface area contributed by atoms with E-state index < -0.39 is 0 Å². The van der Waals surface area contributed by atoms with Crippen LogP contribution in [-0.4, -0.2) is 42.0 Å². The summed E-state index contributed by atoms with van der Waals surface area (Å²) in [7, 11) is 1.70. The molecule has 3 N–H and O–H groups in total. The number of benzene rings is 1. The number of nitrogens with two attached hydrogens (primary N) is 1. The van der Waals surface area contributed by atoms with Gasteiger partial charge < -0.3 is 20.6 Å². The van der Waals surface area contributed by atoms with Crippen molar-refractivity contribution < 1.29 is 14.7 Å². The highest BCUT2D eigenvalue weighted by molar-refractivity contribution is 5.86. The zero-order valence-electron chi connectivity index (χ0n) is 10.7. The summed E-state index contributed by atoms with van der Waals surface area (Å²) in [5.74, 6) is 0.595. The largest absolute Gasteiger partial charge is 0.492 e. The van der Waals surface area contributed by atoms with Crippen LogP contribution in [0.25, 0.3) is 0 Å². The van der Waals surface area contributed by atoms with Crippen molar-refractivity contribution in [2.75, 3.05) is 20.2 Å². The number of carbonyl (C=O) groups is 1. The minimum atomic E-state index is -0.270. The summed E-state index contributed by atoms with van der Waals surface area (Å²) < 4.78 is 5.49. The highest BCUT2D eigenvalue weighted by Gasteiger charge is 2.31. The van der Waals surface area contributed by atoms with Crippen LogP contribution in [0, 0.1) is 0 Å². The van der Waals surface area contributed by atoms with E-state index >= 15 is 0 Å². The summed E-state index contributed by atoms with van der Waals surface area (Å²) in [4.78, 5) is 13.9. The molecule has 0 bridgehead atoms. The molecule has 0 fully saturated rings. The predicted molar refractivity (Wildman–Crippen MR) is 70.3 cm³/mol. The standard InChI is InChI=1S/C13H17N3O3/c1-16(7-6-12(14)15-18)13(17)10-8-19-11-5-3-2-4-9(10)11/h2-5,10,18H,6-8H2,1H3,(H2,14,15). The third kappa shape index (κ3) is 2.78. The van der Waals surface area contributed by atoms with Crippen molar-refractivity contribution in [3.8, 4) is 5.75 Å². The predicted octanol–water partition coefficient (Wildman–Crippen LogP) is 0.757. The van der Waals surface area contributed by atoms with Crippen LogP contribution >= 0.6 is 0 Å². The molecule has 1 aliphatic rings. The monoisotopic (exact) mass is 263 g/mol. The maximum absolute atomic E-state index is 12.3. The lowest BCUT2D eigenvalue weighted by atomic mass is 10.00. The van der Waals surface area contributed by atoms with Crippen LogP contribution in [0.3, 0.4) is 0 Å². The zero-order chi connectivity index (χ0) is 13.8. The van der Waals surface area contributed by atoms with E-state index in [1.807, 2.05) is 24.3 Å². The van der Waals surface area contributed by atoms with Crippen LogP contribution in [0.5, 0.6) is 5.75 Å². The number of hydrogen-bond donors (Lipinski definition) is 2. The molecule has 1 heterocycles. The molecule has 102 valence electrons. The summed E-state index contributed by atoms with van der Waals surface area (Å²) in [6.07, 6.45) is 0.341. The molecule has 0 spiro atoms. The van der Waals surface area contributed by atoms with Crippen LogP contribution in [0.1, 0.15) is 17.9 Å². The molecule has 1 amide bonds. The van der Waals surface area contributed by atoms with Gasteiger partial charge in [0.1, 0.15) is 24.1 Å². The fraction of sp³-hybridized carbons (Fsp3) is 0.385. The lowest BCUT2D eigenvalue weighted by Gasteiger charge is -2.20. The third-order valence-electron chi connectivity index (χ3n) is 3.21. The molecular weight excluding hydrogens is 246 g/mol. The Bertz CT molecular complexity index is 502. The number of amidine groups is 1. The molecule has 1 aromatic carbocycles. The number of hydrogen-bond acceptors (Lipinski definition) is 4.